The highest BCUT2D eigenvalue weighted by molar-refractivity contribution is 7.15. The van der Waals surface area contributed by atoms with Gasteiger partial charge in [0.1, 0.15) is 24.9 Å². The van der Waals surface area contributed by atoms with Crippen LogP contribution in [0.2, 0.25) is 0 Å². The minimum Gasteiger partial charge on any atom is -0.481 e. The smallest absolute Gasteiger partial charge is 0.338 e. The van der Waals surface area contributed by atoms with E-state index >= 15 is 0 Å². The quantitative estimate of drug-likeness (QED) is 0.106. The maximum Gasteiger partial charge on any atom is 0.338 e. The molecule has 0 unspecified atom stereocenters. The number of carboxylic acids is 1. The molecule has 4 heterocycles. The number of nitrogens with zero attached hydrogens (tertiary/aromatic N) is 4. The van der Waals surface area contributed by atoms with Crippen molar-refractivity contribution in [3.8, 4) is 21.8 Å². The molecule has 3 aliphatic rings. The number of thiazole rings is 1. The summed E-state index contributed by atoms with van der Waals surface area (Å²) in [5, 5.41) is 43.6. The number of amides is 1. The van der Waals surface area contributed by atoms with Crippen LogP contribution in [0.4, 0.5) is 5.69 Å². The van der Waals surface area contributed by atoms with Crippen LogP contribution in [-0.2, 0) is 25.6 Å². The third-order valence-electron chi connectivity index (χ3n) is 11.8. The molecule has 3 aromatic heterocycles. The van der Waals surface area contributed by atoms with Crippen LogP contribution in [0.5, 0.6) is 0 Å². The van der Waals surface area contributed by atoms with Crippen LogP contribution < -0.4 is 5.73 Å². The first-order valence-corrected chi connectivity index (χ1v) is 20.4. The lowest BCUT2D eigenvalue weighted by Crippen LogP contribution is -2.56. The van der Waals surface area contributed by atoms with Crippen molar-refractivity contribution < 1.29 is 44.3 Å². The highest BCUT2D eigenvalue weighted by Crippen LogP contribution is 2.46. The van der Waals surface area contributed by atoms with Crippen LogP contribution in [0.15, 0.2) is 42.5 Å². The van der Waals surface area contributed by atoms with Gasteiger partial charge in [-0.3, -0.25) is 9.59 Å². The minimum atomic E-state index is -1.82. The van der Waals surface area contributed by atoms with Crippen LogP contribution in [-0.4, -0.2) is 108 Å². The Morgan fingerprint density at radius 1 is 0.947 bits per heavy atom. The van der Waals surface area contributed by atoms with E-state index in [9.17, 15) is 34.8 Å². The molecule has 15 heteroatoms. The van der Waals surface area contributed by atoms with Crippen LogP contribution in [0.25, 0.3) is 43.6 Å². The summed E-state index contributed by atoms with van der Waals surface area (Å²) in [4.78, 5) is 52.1. The molecule has 300 valence electrons. The number of hydrogen-bond donors (Lipinski definition) is 5. The van der Waals surface area contributed by atoms with E-state index < -0.39 is 42.3 Å². The first-order chi connectivity index (χ1) is 27.4. The second-order valence-electron chi connectivity index (χ2n) is 15.5. The average Bonchev–Trinajstić information content (AvgIpc) is 3.73. The molecule has 6 N–H and O–H groups in total. The number of hydrogen-bond acceptors (Lipinski definition) is 12. The summed E-state index contributed by atoms with van der Waals surface area (Å²) in [6, 6.07) is 13.1. The van der Waals surface area contributed by atoms with E-state index in [-0.39, 0.29) is 30.4 Å². The predicted octanol–water partition coefficient (Wildman–Crippen LogP) is 4.80. The van der Waals surface area contributed by atoms with E-state index in [1.54, 1.807) is 28.4 Å². The van der Waals surface area contributed by atoms with Gasteiger partial charge in [0, 0.05) is 35.8 Å². The summed E-state index contributed by atoms with van der Waals surface area (Å²) < 4.78 is 13.2. The number of aliphatic hydroxyl groups is 3. The molecule has 1 amide bonds. The van der Waals surface area contributed by atoms with Gasteiger partial charge in [0.25, 0.3) is 0 Å². The van der Waals surface area contributed by atoms with E-state index in [1.165, 1.54) is 0 Å². The first kappa shape index (κ1) is 38.9. The highest BCUT2D eigenvalue weighted by Gasteiger charge is 2.47. The molecule has 14 nitrogen and oxygen atoms in total. The molecule has 0 radical (unpaired) electrons. The van der Waals surface area contributed by atoms with Gasteiger partial charge in [-0.15, -0.1) is 11.3 Å². The number of carboxylic acid groups (broad SMARTS) is 1. The van der Waals surface area contributed by atoms with E-state index in [0.29, 0.717) is 43.0 Å². The Bertz CT molecular complexity index is 2360. The van der Waals surface area contributed by atoms with Crippen molar-refractivity contribution in [1.82, 2.24) is 19.4 Å². The number of aromatic nitrogens is 3. The van der Waals surface area contributed by atoms with E-state index in [4.69, 9.17) is 20.2 Å². The Balaban J connectivity index is 1.26. The number of aliphatic hydroxyl groups excluding tert-OH is 3. The van der Waals surface area contributed by atoms with Crippen molar-refractivity contribution in [3.05, 3.63) is 64.3 Å². The van der Waals surface area contributed by atoms with Crippen molar-refractivity contribution in [2.75, 3.05) is 32.0 Å². The molecule has 8 rings (SSSR count). The maximum atomic E-state index is 14.1. The fourth-order valence-corrected chi connectivity index (χ4v) is 9.77. The second kappa shape index (κ2) is 15.8. The summed E-state index contributed by atoms with van der Waals surface area (Å²) >= 11 is 1.58. The standard InChI is InChI=1S/C42H47N5O9S/c1-21-40(57-22(2)44-21)30-11-9-24-16-26(17-29(43)35(24)45-30)36-34(23-6-4-3-5-7-23)27-10-8-25(18-31(27)47(36)20-33(48)46-12-14-55-15-13-46)42(54)56-32-19-28(41(52)53)37(49)39(51)38(32)50/h8-11,16-18,23,28,32,37-39,49-51H,3-7,12-15,19-20,43H2,1-2H3,(H,52,53)/t28-,32+,37+,38-,39-/m0/s1. The van der Waals surface area contributed by atoms with Crippen molar-refractivity contribution in [1.29, 1.82) is 0 Å². The summed E-state index contributed by atoms with van der Waals surface area (Å²) in [6.45, 7) is 5.70. The van der Waals surface area contributed by atoms with Gasteiger partial charge in [-0.05, 0) is 68.5 Å². The van der Waals surface area contributed by atoms with Gasteiger partial charge in [0.05, 0.1) is 74.5 Å². The average molecular weight is 798 g/mol. The largest absolute Gasteiger partial charge is 0.481 e. The number of pyridine rings is 1. The maximum absolute atomic E-state index is 14.1. The predicted molar refractivity (Wildman–Crippen MR) is 214 cm³/mol. The van der Waals surface area contributed by atoms with Gasteiger partial charge < -0.3 is 45.1 Å². The van der Waals surface area contributed by atoms with Crippen molar-refractivity contribution in [2.24, 2.45) is 5.92 Å². The normalized spacial score (nSPS) is 23.2. The lowest BCUT2D eigenvalue weighted by Gasteiger charge is -2.38. The molecular formula is C42H47N5O9S. The number of ether oxygens (including phenoxy) is 2. The number of carbonyl (C=O) groups is 3. The van der Waals surface area contributed by atoms with Gasteiger partial charge in [-0.25, -0.2) is 14.8 Å². The van der Waals surface area contributed by atoms with E-state index in [0.717, 1.165) is 81.0 Å². The fourth-order valence-electron chi connectivity index (χ4n) is 8.89. The van der Waals surface area contributed by atoms with Crippen molar-refractivity contribution >= 4 is 56.7 Å². The second-order valence-corrected chi connectivity index (χ2v) is 16.7. The van der Waals surface area contributed by atoms with Gasteiger partial charge in [0.2, 0.25) is 5.91 Å². The molecule has 5 aromatic rings. The number of esters is 1. The number of carbonyl (C=O) groups excluding carboxylic acids is 2. The Morgan fingerprint density at radius 3 is 2.40 bits per heavy atom. The molecule has 5 atom stereocenters. The molecule has 1 saturated heterocycles. The molecule has 3 fully saturated rings. The van der Waals surface area contributed by atoms with Crippen LogP contribution in [0.3, 0.4) is 0 Å². The number of aliphatic carboxylic acids is 1. The monoisotopic (exact) mass is 797 g/mol. The number of aryl methyl sites for hydroxylation is 2. The SMILES string of the molecule is Cc1nc(C)c(-c2ccc3cc(-c4c(C5CCCCC5)c5ccc(C(=O)O[C@@H]6C[C@H](C(=O)O)[C@@H](O)[C@H](O)[C@H]6O)cc5n4CC(=O)N4CCOCC4)cc(N)c3n2)s1. The Kier molecular flexibility index (Phi) is 10.8. The number of nitrogen functional groups attached to an aromatic ring is 1. The zero-order chi connectivity index (χ0) is 40.1. The van der Waals surface area contributed by atoms with Crippen molar-refractivity contribution in [3.63, 3.8) is 0 Å². The summed E-state index contributed by atoms with van der Waals surface area (Å²) in [7, 11) is 0. The van der Waals surface area contributed by atoms with Gasteiger partial charge in [-0.1, -0.05) is 31.4 Å². The number of benzene rings is 2. The number of rotatable bonds is 8. The van der Waals surface area contributed by atoms with Crippen LogP contribution in [0.1, 0.15) is 71.1 Å². The summed E-state index contributed by atoms with van der Waals surface area (Å²) in [5.41, 5.74) is 13.2. The summed E-state index contributed by atoms with van der Waals surface area (Å²) in [6.07, 6.45) is -1.85. The van der Waals surface area contributed by atoms with Crippen LogP contribution in [0, 0.1) is 19.8 Å². The minimum absolute atomic E-state index is 0.0259. The topological polar surface area (TPSA) is 211 Å². The molecule has 2 saturated carbocycles. The molecule has 1 aliphatic heterocycles. The van der Waals surface area contributed by atoms with E-state index in [1.807, 2.05) is 42.7 Å². The van der Waals surface area contributed by atoms with Gasteiger partial charge >= 0.3 is 11.9 Å². The molecular weight excluding hydrogens is 751 g/mol. The van der Waals surface area contributed by atoms with Gasteiger partial charge in [-0.2, -0.15) is 0 Å². The number of anilines is 1. The Labute approximate surface area is 332 Å². The Morgan fingerprint density at radius 2 is 1.70 bits per heavy atom. The third kappa shape index (κ3) is 7.38. The zero-order valence-corrected chi connectivity index (χ0v) is 32.7. The third-order valence-corrected chi connectivity index (χ3v) is 12.9. The number of nitrogens with two attached hydrogens (primary N) is 1. The lowest BCUT2D eigenvalue weighted by molar-refractivity contribution is -0.178. The van der Waals surface area contributed by atoms with E-state index in [2.05, 4.69) is 11.1 Å². The fraction of sp³-hybridized carbons (Fsp3) is 0.452. The molecule has 2 aliphatic carbocycles. The Hall–Kier alpha value is -4.93. The molecule has 0 spiro atoms. The molecule has 57 heavy (non-hydrogen) atoms. The van der Waals surface area contributed by atoms with Gasteiger partial charge in [0.15, 0.2) is 0 Å². The molecule has 2 aromatic carbocycles. The zero-order valence-electron chi connectivity index (χ0n) is 31.9. The van der Waals surface area contributed by atoms with Crippen molar-refractivity contribution in [2.45, 2.75) is 89.3 Å². The summed E-state index contributed by atoms with van der Waals surface area (Å²) in [5.74, 6) is -3.60. The van der Waals surface area contributed by atoms with Crippen LogP contribution >= 0.6 is 11.3 Å². The lowest BCUT2D eigenvalue weighted by atomic mass is 9.80. The number of morpholine rings is 1. The molecule has 0 bridgehead atoms. The number of fused-ring (bicyclic) bond motifs is 2. The highest BCUT2D eigenvalue weighted by atomic mass is 32.1. The first-order valence-electron chi connectivity index (χ1n) is 19.5.